The fourth-order valence-corrected chi connectivity index (χ4v) is 3.62. The maximum absolute atomic E-state index is 12.1. The van der Waals surface area contributed by atoms with Gasteiger partial charge in [-0.1, -0.05) is 30.0 Å². The number of aromatic nitrogens is 4. The van der Waals surface area contributed by atoms with E-state index in [1.807, 2.05) is 32.0 Å². The third kappa shape index (κ3) is 4.11. The molecule has 1 aliphatic rings. The van der Waals surface area contributed by atoms with E-state index in [0.29, 0.717) is 22.2 Å². The third-order valence-electron chi connectivity index (χ3n) is 4.01. The molecule has 2 heterocycles. The van der Waals surface area contributed by atoms with Crippen molar-refractivity contribution in [2.75, 3.05) is 18.9 Å². The summed E-state index contributed by atoms with van der Waals surface area (Å²) in [6.45, 7) is 6.12. The summed E-state index contributed by atoms with van der Waals surface area (Å²) in [6, 6.07) is 5.61. The number of esters is 1. The normalized spacial score (nSPS) is 14.0. The minimum absolute atomic E-state index is 0.127. The van der Waals surface area contributed by atoms with Crippen molar-refractivity contribution in [3.8, 4) is 5.69 Å². The van der Waals surface area contributed by atoms with Gasteiger partial charge in [0.15, 0.2) is 0 Å². The van der Waals surface area contributed by atoms with E-state index in [9.17, 15) is 9.59 Å². The highest BCUT2D eigenvalue weighted by molar-refractivity contribution is 7.99. The Morgan fingerprint density at radius 3 is 2.78 bits per heavy atom. The Labute approximate surface area is 160 Å². The molecule has 10 heteroatoms. The molecule has 2 amide bonds. The Morgan fingerprint density at radius 2 is 2.07 bits per heavy atom. The van der Waals surface area contributed by atoms with Gasteiger partial charge in [-0.2, -0.15) is 4.68 Å². The maximum Gasteiger partial charge on any atom is 0.337 e. The molecule has 0 radical (unpaired) electrons. The lowest BCUT2D eigenvalue weighted by molar-refractivity contribution is -0.138. The first-order valence-electron chi connectivity index (χ1n) is 8.43. The van der Waals surface area contributed by atoms with Crippen LogP contribution in [0.1, 0.15) is 18.1 Å². The van der Waals surface area contributed by atoms with Crippen molar-refractivity contribution in [3.05, 3.63) is 40.6 Å². The lowest BCUT2D eigenvalue weighted by atomic mass is 10.1. The van der Waals surface area contributed by atoms with E-state index in [-0.39, 0.29) is 19.2 Å². The number of amides is 2. The average Bonchev–Trinajstić information content (AvgIpc) is 3.08. The van der Waals surface area contributed by atoms with Crippen LogP contribution in [0.4, 0.5) is 4.79 Å². The molecule has 1 aromatic carbocycles. The summed E-state index contributed by atoms with van der Waals surface area (Å²) in [5.41, 5.74) is 3.91. The summed E-state index contributed by atoms with van der Waals surface area (Å²) in [6.07, 6.45) is 0. The summed E-state index contributed by atoms with van der Waals surface area (Å²) in [5.74, 6) is -0.123. The van der Waals surface area contributed by atoms with Crippen molar-refractivity contribution in [2.24, 2.45) is 0 Å². The second kappa shape index (κ2) is 8.21. The predicted octanol–water partition coefficient (Wildman–Crippen LogP) is 1.50. The highest BCUT2D eigenvalue weighted by Gasteiger charge is 2.24. The molecule has 3 rings (SSSR count). The van der Waals surface area contributed by atoms with Crippen LogP contribution in [-0.2, 0) is 9.53 Å². The highest BCUT2D eigenvalue weighted by Crippen LogP contribution is 2.25. The van der Waals surface area contributed by atoms with Crippen molar-refractivity contribution in [1.29, 1.82) is 0 Å². The molecular weight excluding hydrogens is 368 g/mol. The lowest BCUT2D eigenvalue weighted by Gasteiger charge is -2.21. The van der Waals surface area contributed by atoms with Crippen molar-refractivity contribution in [3.63, 3.8) is 0 Å². The molecule has 0 aliphatic carbocycles. The molecule has 0 fully saturated rings. The number of tetrazole rings is 1. The van der Waals surface area contributed by atoms with Crippen molar-refractivity contribution in [1.82, 2.24) is 30.8 Å². The zero-order valence-electron chi connectivity index (χ0n) is 15.3. The molecule has 0 spiro atoms. The van der Waals surface area contributed by atoms with Crippen LogP contribution < -0.4 is 10.6 Å². The number of nitrogens with zero attached hydrogens (tertiary/aromatic N) is 4. The number of hydrogen-bond acceptors (Lipinski definition) is 7. The summed E-state index contributed by atoms with van der Waals surface area (Å²) in [7, 11) is 0. The van der Waals surface area contributed by atoms with Gasteiger partial charge in [-0.25, -0.2) is 9.59 Å². The number of urea groups is 1. The van der Waals surface area contributed by atoms with E-state index in [1.165, 1.54) is 11.8 Å². The van der Waals surface area contributed by atoms with Gasteiger partial charge in [-0.15, -0.1) is 5.10 Å². The molecule has 0 bridgehead atoms. The molecule has 1 aliphatic heterocycles. The fourth-order valence-electron chi connectivity index (χ4n) is 2.75. The van der Waals surface area contributed by atoms with Crippen molar-refractivity contribution < 1.29 is 14.3 Å². The quantitative estimate of drug-likeness (QED) is 0.570. The SMILES string of the molecule is CCOC(=O)C1=C(CSc2nnnn2-c2c(C)cccc2C)NC(=O)NC1. The topological polar surface area (TPSA) is 111 Å². The van der Waals surface area contributed by atoms with Gasteiger partial charge < -0.3 is 15.4 Å². The Morgan fingerprint density at radius 1 is 1.33 bits per heavy atom. The van der Waals surface area contributed by atoms with Gasteiger partial charge in [-0.05, 0) is 42.3 Å². The Kier molecular flexibility index (Phi) is 5.75. The third-order valence-corrected chi connectivity index (χ3v) is 4.96. The summed E-state index contributed by atoms with van der Waals surface area (Å²) >= 11 is 1.33. The second-order valence-electron chi connectivity index (χ2n) is 5.89. The number of rotatable bonds is 6. The number of carbonyl (C=O) groups is 2. The number of ether oxygens (including phenoxy) is 1. The largest absolute Gasteiger partial charge is 0.463 e. The average molecular weight is 388 g/mol. The molecule has 1 aromatic heterocycles. The minimum atomic E-state index is -0.449. The Balaban J connectivity index is 1.85. The predicted molar refractivity (Wildman–Crippen MR) is 99.5 cm³/mol. The number of benzene rings is 1. The van der Waals surface area contributed by atoms with E-state index < -0.39 is 5.97 Å². The van der Waals surface area contributed by atoms with Crippen LogP contribution in [-0.4, -0.2) is 51.1 Å². The molecule has 0 unspecified atom stereocenters. The lowest BCUT2D eigenvalue weighted by Crippen LogP contribution is -2.44. The molecule has 0 saturated carbocycles. The number of carbonyl (C=O) groups excluding carboxylic acids is 2. The first kappa shape index (κ1) is 18.9. The van der Waals surface area contributed by atoms with Gasteiger partial charge in [0.2, 0.25) is 5.16 Å². The van der Waals surface area contributed by atoms with Crippen LogP contribution in [0.25, 0.3) is 5.69 Å². The van der Waals surface area contributed by atoms with Crippen LogP contribution in [0.2, 0.25) is 0 Å². The van der Waals surface area contributed by atoms with Gasteiger partial charge >= 0.3 is 12.0 Å². The highest BCUT2D eigenvalue weighted by atomic mass is 32.2. The smallest absolute Gasteiger partial charge is 0.337 e. The second-order valence-corrected chi connectivity index (χ2v) is 6.83. The van der Waals surface area contributed by atoms with Gasteiger partial charge in [-0.3, -0.25) is 0 Å². The Hall–Kier alpha value is -2.88. The molecule has 2 aromatic rings. The fraction of sp³-hybridized carbons (Fsp3) is 0.353. The number of aryl methyl sites for hydroxylation is 2. The Bertz CT molecular complexity index is 888. The van der Waals surface area contributed by atoms with E-state index in [0.717, 1.165) is 16.8 Å². The molecule has 27 heavy (non-hydrogen) atoms. The van der Waals surface area contributed by atoms with Crippen LogP contribution >= 0.6 is 11.8 Å². The van der Waals surface area contributed by atoms with Crippen molar-refractivity contribution in [2.45, 2.75) is 25.9 Å². The van der Waals surface area contributed by atoms with E-state index in [1.54, 1.807) is 11.6 Å². The summed E-state index contributed by atoms with van der Waals surface area (Å²) < 4.78 is 6.73. The monoisotopic (exact) mass is 388 g/mol. The van der Waals surface area contributed by atoms with E-state index >= 15 is 0 Å². The van der Waals surface area contributed by atoms with Crippen LogP contribution in [0.15, 0.2) is 34.6 Å². The zero-order valence-corrected chi connectivity index (χ0v) is 16.1. The van der Waals surface area contributed by atoms with Crippen LogP contribution in [0, 0.1) is 13.8 Å². The molecule has 142 valence electrons. The number of hydrogen-bond donors (Lipinski definition) is 2. The standard InChI is InChI=1S/C17H20N6O3S/c1-4-26-15(24)12-8-18-16(25)19-13(12)9-27-17-20-21-22-23(17)14-10(2)6-5-7-11(14)3/h5-7H,4,8-9H2,1-3H3,(H2,18,19,25). The molecule has 0 saturated heterocycles. The minimum Gasteiger partial charge on any atom is -0.463 e. The summed E-state index contributed by atoms with van der Waals surface area (Å²) in [5, 5.41) is 17.8. The van der Waals surface area contributed by atoms with Gasteiger partial charge in [0.05, 0.1) is 24.4 Å². The first-order valence-corrected chi connectivity index (χ1v) is 9.41. The number of nitrogens with one attached hydrogen (secondary N) is 2. The molecule has 0 atom stereocenters. The zero-order chi connectivity index (χ0) is 19.4. The summed E-state index contributed by atoms with van der Waals surface area (Å²) in [4.78, 5) is 23.8. The van der Waals surface area contributed by atoms with Crippen LogP contribution in [0.5, 0.6) is 0 Å². The molecule has 9 nitrogen and oxygen atoms in total. The van der Waals surface area contributed by atoms with Crippen molar-refractivity contribution >= 4 is 23.8 Å². The van der Waals surface area contributed by atoms with Gasteiger partial charge in [0.25, 0.3) is 0 Å². The van der Waals surface area contributed by atoms with Gasteiger partial charge in [0.1, 0.15) is 0 Å². The van der Waals surface area contributed by atoms with Gasteiger partial charge in [0, 0.05) is 11.4 Å². The maximum atomic E-state index is 12.1. The van der Waals surface area contributed by atoms with E-state index in [2.05, 4.69) is 26.2 Å². The van der Waals surface area contributed by atoms with Crippen LogP contribution in [0.3, 0.4) is 0 Å². The molecule has 2 N–H and O–H groups in total. The first-order chi connectivity index (χ1) is 13.0. The number of para-hydroxylation sites is 1. The number of thioether (sulfide) groups is 1. The molecular formula is C17H20N6O3S. The van der Waals surface area contributed by atoms with E-state index in [4.69, 9.17) is 4.74 Å².